The maximum atomic E-state index is 13.9. The molecule has 150 valence electrons. The standard InChI is InChI=1S/C21H28FN5O/c1-3-28-19-9-5-4-7-16(19)10-13-25-21(23-2)26-17-11-14-27(15-17)20-18(22)8-6-12-24-20/h4-9,12,17H,3,10-11,13-15H2,1-2H3,(H2,23,25,26). The van der Waals surface area contributed by atoms with Crippen LogP contribution < -0.4 is 20.3 Å². The SMILES string of the molecule is CCOc1ccccc1CCNC(=NC)NC1CCN(c2ncccc2F)C1. The first-order valence-electron chi connectivity index (χ1n) is 9.74. The first-order chi connectivity index (χ1) is 13.7. The summed E-state index contributed by atoms with van der Waals surface area (Å²) in [5.41, 5.74) is 1.17. The molecule has 1 atom stereocenters. The van der Waals surface area contributed by atoms with Crippen LogP contribution in [0.3, 0.4) is 0 Å². The number of nitrogens with one attached hydrogen (secondary N) is 2. The predicted molar refractivity (Wildman–Crippen MR) is 111 cm³/mol. The molecule has 28 heavy (non-hydrogen) atoms. The van der Waals surface area contributed by atoms with E-state index in [2.05, 4.69) is 26.7 Å². The molecule has 1 aromatic heterocycles. The Balaban J connectivity index is 1.49. The molecule has 0 radical (unpaired) electrons. The minimum absolute atomic E-state index is 0.198. The van der Waals surface area contributed by atoms with Crippen LogP contribution in [0.5, 0.6) is 5.75 Å². The molecule has 0 amide bonds. The Morgan fingerprint density at radius 3 is 2.96 bits per heavy atom. The Labute approximate surface area is 165 Å². The zero-order valence-electron chi connectivity index (χ0n) is 16.5. The number of rotatable bonds is 7. The summed E-state index contributed by atoms with van der Waals surface area (Å²) in [5, 5.41) is 6.78. The van der Waals surface area contributed by atoms with E-state index in [0.29, 0.717) is 19.0 Å². The fourth-order valence-electron chi connectivity index (χ4n) is 3.39. The maximum absolute atomic E-state index is 13.9. The maximum Gasteiger partial charge on any atom is 0.191 e. The van der Waals surface area contributed by atoms with Gasteiger partial charge < -0.3 is 20.3 Å². The molecule has 1 aromatic carbocycles. The molecular formula is C21H28FN5O. The Kier molecular flexibility index (Phi) is 7.06. The van der Waals surface area contributed by atoms with Crippen molar-refractivity contribution in [3.8, 4) is 5.75 Å². The number of aliphatic imine (C=N–C) groups is 1. The van der Waals surface area contributed by atoms with Crippen molar-refractivity contribution in [3.05, 3.63) is 54.0 Å². The highest BCUT2D eigenvalue weighted by Gasteiger charge is 2.25. The second-order valence-corrected chi connectivity index (χ2v) is 6.67. The fraction of sp³-hybridized carbons (Fsp3) is 0.429. The highest BCUT2D eigenvalue weighted by Crippen LogP contribution is 2.21. The van der Waals surface area contributed by atoms with Crippen LogP contribution in [0.15, 0.2) is 47.6 Å². The first kappa shape index (κ1) is 19.9. The molecule has 6 nitrogen and oxygen atoms in total. The van der Waals surface area contributed by atoms with Crippen LogP contribution in [0.25, 0.3) is 0 Å². The van der Waals surface area contributed by atoms with Gasteiger partial charge in [0.2, 0.25) is 0 Å². The first-order valence-corrected chi connectivity index (χ1v) is 9.74. The van der Waals surface area contributed by atoms with E-state index in [9.17, 15) is 4.39 Å². The van der Waals surface area contributed by atoms with E-state index in [1.807, 2.05) is 30.0 Å². The van der Waals surface area contributed by atoms with Crippen LogP contribution in [0.2, 0.25) is 0 Å². The van der Waals surface area contributed by atoms with Gasteiger partial charge in [-0.2, -0.15) is 0 Å². The summed E-state index contributed by atoms with van der Waals surface area (Å²) in [6.07, 6.45) is 3.37. The smallest absolute Gasteiger partial charge is 0.191 e. The number of halogens is 1. The Hall–Kier alpha value is -2.83. The van der Waals surface area contributed by atoms with Gasteiger partial charge in [-0.05, 0) is 43.5 Å². The van der Waals surface area contributed by atoms with Crippen molar-refractivity contribution >= 4 is 11.8 Å². The molecule has 2 heterocycles. The molecule has 0 bridgehead atoms. The van der Waals surface area contributed by atoms with E-state index in [1.54, 1.807) is 19.3 Å². The third-order valence-electron chi connectivity index (χ3n) is 4.75. The van der Waals surface area contributed by atoms with Gasteiger partial charge in [0.05, 0.1) is 6.61 Å². The molecule has 0 saturated carbocycles. The molecule has 1 unspecified atom stereocenters. The third kappa shape index (κ3) is 5.12. The third-order valence-corrected chi connectivity index (χ3v) is 4.75. The van der Waals surface area contributed by atoms with Crippen molar-refractivity contribution < 1.29 is 9.13 Å². The number of ether oxygens (including phenoxy) is 1. The lowest BCUT2D eigenvalue weighted by molar-refractivity contribution is 0.336. The lowest BCUT2D eigenvalue weighted by atomic mass is 10.1. The van der Waals surface area contributed by atoms with Gasteiger partial charge in [-0.25, -0.2) is 9.37 Å². The van der Waals surface area contributed by atoms with Crippen LogP contribution in [0, 0.1) is 5.82 Å². The van der Waals surface area contributed by atoms with Gasteiger partial charge in [0.25, 0.3) is 0 Å². The molecule has 0 aliphatic carbocycles. The molecule has 1 fully saturated rings. The van der Waals surface area contributed by atoms with Crippen molar-refractivity contribution in [2.24, 2.45) is 4.99 Å². The number of guanidine groups is 1. The summed E-state index contributed by atoms with van der Waals surface area (Å²) in [6.45, 7) is 4.85. The minimum Gasteiger partial charge on any atom is -0.494 e. The molecule has 2 aromatic rings. The van der Waals surface area contributed by atoms with Gasteiger partial charge in [-0.3, -0.25) is 4.99 Å². The van der Waals surface area contributed by atoms with E-state index >= 15 is 0 Å². The predicted octanol–water partition coefficient (Wildman–Crippen LogP) is 2.61. The number of para-hydroxylation sites is 1. The second kappa shape index (κ2) is 9.92. The van der Waals surface area contributed by atoms with Crippen LogP contribution in [-0.4, -0.2) is 50.3 Å². The highest BCUT2D eigenvalue weighted by molar-refractivity contribution is 5.80. The molecule has 7 heteroatoms. The summed E-state index contributed by atoms with van der Waals surface area (Å²) in [7, 11) is 1.76. The fourth-order valence-corrected chi connectivity index (χ4v) is 3.39. The Bertz CT molecular complexity index is 798. The van der Waals surface area contributed by atoms with E-state index in [-0.39, 0.29) is 11.9 Å². The summed E-state index contributed by atoms with van der Waals surface area (Å²) in [5.74, 6) is 1.82. The zero-order chi connectivity index (χ0) is 19.8. The molecular weight excluding hydrogens is 357 g/mol. The van der Waals surface area contributed by atoms with Crippen LogP contribution >= 0.6 is 0 Å². The number of nitrogens with zero attached hydrogens (tertiary/aromatic N) is 3. The number of anilines is 1. The molecule has 1 saturated heterocycles. The molecule has 1 aliphatic rings. The molecule has 1 aliphatic heterocycles. The van der Waals surface area contributed by atoms with Crippen LogP contribution in [0.4, 0.5) is 10.2 Å². The molecule has 0 spiro atoms. The van der Waals surface area contributed by atoms with Gasteiger partial charge in [-0.15, -0.1) is 0 Å². The summed E-state index contributed by atoms with van der Waals surface area (Å²) in [4.78, 5) is 10.4. The number of pyridine rings is 1. The van der Waals surface area contributed by atoms with Crippen molar-refractivity contribution in [1.82, 2.24) is 15.6 Å². The quantitative estimate of drug-likeness (QED) is 0.567. The number of hydrogen-bond donors (Lipinski definition) is 2. The monoisotopic (exact) mass is 385 g/mol. The highest BCUT2D eigenvalue weighted by atomic mass is 19.1. The van der Waals surface area contributed by atoms with Crippen molar-refractivity contribution in [3.63, 3.8) is 0 Å². The van der Waals surface area contributed by atoms with Gasteiger partial charge in [0.15, 0.2) is 17.6 Å². The van der Waals surface area contributed by atoms with E-state index in [4.69, 9.17) is 4.74 Å². The van der Waals surface area contributed by atoms with Gasteiger partial charge >= 0.3 is 0 Å². The zero-order valence-corrected chi connectivity index (χ0v) is 16.5. The van der Waals surface area contributed by atoms with E-state index in [0.717, 1.165) is 37.6 Å². The summed E-state index contributed by atoms with van der Waals surface area (Å²) < 4.78 is 19.6. The normalized spacial score (nSPS) is 16.9. The topological polar surface area (TPSA) is 61.8 Å². The van der Waals surface area contributed by atoms with E-state index in [1.165, 1.54) is 11.6 Å². The number of hydrogen-bond acceptors (Lipinski definition) is 4. The lowest BCUT2D eigenvalue weighted by Crippen LogP contribution is -2.45. The summed E-state index contributed by atoms with van der Waals surface area (Å²) in [6, 6.07) is 11.3. The van der Waals surface area contributed by atoms with Gasteiger partial charge in [-0.1, -0.05) is 18.2 Å². The van der Waals surface area contributed by atoms with Gasteiger partial charge in [0, 0.05) is 38.9 Å². The number of aromatic nitrogens is 1. The van der Waals surface area contributed by atoms with Crippen LogP contribution in [-0.2, 0) is 6.42 Å². The average Bonchev–Trinajstić information content (AvgIpc) is 3.17. The van der Waals surface area contributed by atoms with Crippen molar-refractivity contribution in [2.45, 2.75) is 25.8 Å². The van der Waals surface area contributed by atoms with Crippen molar-refractivity contribution in [1.29, 1.82) is 0 Å². The average molecular weight is 385 g/mol. The lowest BCUT2D eigenvalue weighted by Gasteiger charge is -2.20. The minimum atomic E-state index is -0.279. The molecule has 3 rings (SSSR count). The number of benzene rings is 1. The Morgan fingerprint density at radius 1 is 1.32 bits per heavy atom. The van der Waals surface area contributed by atoms with Crippen molar-refractivity contribution in [2.75, 3.05) is 38.2 Å². The second-order valence-electron chi connectivity index (χ2n) is 6.67. The largest absolute Gasteiger partial charge is 0.494 e. The Morgan fingerprint density at radius 2 is 2.18 bits per heavy atom. The van der Waals surface area contributed by atoms with Gasteiger partial charge in [0.1, 0.15) is 5.75 Å². The summed E-state index contributed by atoms with van der Waals surface area (Å²) >= 11 is 0. The van der Waals surface area contributed by atoms with Crippen LogP contribution in [0.1, 0.15) is 18.9 Å². The molecule has 2 N–H and O–H groups in total. The van der Waals surface area contributed by atoms with E-state index < -0.39 is 0 Å².